The average Bonchev–Trinajstić information content (AvgIpc) is 2.15. The maximum absolute atomic E-state index is 5.95. The van der Waals surface area contributed by atoms with Gasteiger partial charge in [-0.15, -0.1) is 13.2 Å². The standard InChI is InChI=1S/C12H24N2/c1-4-7-12(13)8-11-14(9-5-2)10-6-3/h5-6,12H,2-4,7-11,13H2,1H3. The van der Waals surface area contributed by atoms with Gasteiger partial charge in [0.05, 0.1) is 0 Å². The highest BCUT2D eigenvalue weighted by Gasteiger charge is 2.04. The van der Waals surface area contributed by atoms with Crippen LogP contribution in [0, 0.1) is 0 Å². The molecule has 14 heavy (non-hydrogen) atoms. The predicted molar refractivity (Wildman–Crippen MR) is 64.3 cm³/mol. The fraction of sp³-hybridized carbons (Fsp3) is 0.667. The molecule has 0 spiro atoms. The highest BCUT2D eigenvalue weighted by atomic mass is 15.1. The summed E-state index contributed by atoms with van der Waals surface area (Å²) in [6.07, 6.45) is 7.21. The van der Waals surface area contributed by atoms with Crippen molar-refractivity contribution >= 4 is 0 Å². The third-order valence-corrected chi connectivity index (χ3v) is 2.25. The highest BCUT2D eigenvalue weighted by molar-refractivity contribution is 4.80. The predicted octanol–water partition coefficient (Wildman–Crippen LogP) is 2.18. The number of nitrogens with two attached hydrogens (primary N) is 1. The van der Waals surface area contributed by atoms with Crippen molar-refractivity contribution in [1.82, 2.24) is 4.90 Å². The molecule has 0 aromatic rings. The SMILES string of the molecule is C=CCN(CC=C)CCC(N)CCC. The van der Waals surface area contributed by atoms with Crippen LogP contribution >= 0.6 is 0 Å². The van der Waals surface area contributed by atoms with Gasteiger partial charge in [0.1, 0.15) is 0 Å². The topological polar surface area (TPSA) is 29.3 Å². The van der Waals surface area contributed by atoms with Crippen LogP contribution in [0.2, 0.25) is 0 Å². The number of rotatable bonds is 9. The second-order valence-electron chi connectivity index (χ2n) is 3.67. The van der Waals surface area contributed by atoms with Crippen molar-refractivity contribution in [2.75, 3.05) is 19.6 Å². The van der Waals surface area contributed by atoms with E-state index < -0.39 is 0 Å². The first-order valence-corrected chi connectivity index (χ1v) is 5.44. The van der Waals surface area contributed by atoms with E-state index in [2.05, 4.69) is 25.0 Å². The van der Waals surface area contributed by atoms with Crippen molar-refractivity contribution in [3.63, 3.8) is 0 Å². The van der Waals surface area contributed by atoms with Gasteiger partial charge in [-0.25, -0.2) is 0 Å². The van der Waals surface area contributed by atoms with Gasteiger partial charge in [0.15, 0.2) is 0 Å². The van der Waals surface area contributed by atoms with Crippen LogP contribution in [0.25, 0.3) is 0 Å². The van der Waals surface area contributed by atoms with E-state index >= 15 is 0 Å². The van der Waals surface area contributed by atoms with Gasteiger partial charge in [0.2, 0.25) is 0 Å². The van der Waals surface area contributed by atoms with Gasteiger partial charge in [0.25, 0.3) is 0 Å². The number of hydrogen-bond acceptors (Lipinski definition) is 2. The quantitative estimate of drug-likeness (QED) is 0.573. The van der Waals surface area contributed by atoms with Crippen LogP contribution in [0.15, 0.2) is 25.3 Å². The van der Waals surface area contributed by atoms with E-state index in [-0.39, 0.29) is 0 Å². The molecule has 0 aromatic heterocycles. The van der Waals surface area contributed by atoms with Crippen LogP contribution < -0.4 is 5.73 Å². The van der Waals surface area contributed by atoms with E-state index in [0.717, 1.165) is 32.5 Å². The van der Waals surface area contributed by atoms with Crippen molar-refractivity contribution in [2.24, 2.45) is 5.73 Å². The smallest absolute Gasteiger partial charge is 0.0163 e. The summed E-state index contributed by atoms with van der Waals surface area (Å²) < 4.78 is 0. The Morgan fingerprint density at radius 1 is 1.21 bits per heavy atom. The van der Waals surface area contributed by atoms with Crippen molar-refractivity contribution in [3.8, 4) is 0 Å². The highest BCUT2D eigenvalue weighted by Crippen LogP contribution is 2.01. The minimum absolute atomic E-state index is 0.345. The first-order chi connectivity index (χ1) is 6.74. The molecular weight excluding hydrogens is 172 g/mol. The Bertz CT molecular complexity index is 144. The minimum Gasteiger partial charge on any atom is -0.328 e. The molecule has 0 heterocycles. The molecule has 82 valence electrons. The minimum atomic E-state index is 0.345. The third kappa shape index (κ3) is 6.87. The second-order valence-corrected chi connectivity index (χ2v) is 3.67. The Hall–Kier alpha value is -0.600. The molecule has 2 heteroatoms. The summed E-state index contributed by atoms with van der Waals surface area (Å²) in [7, 11) is 0. The largest absolute Gasteiger partial charge is 0.328 e. The van der Waals surface area contributed by atoms with Gasteiger partial charge in [0, 0.05) is 25.7 Å². The molecule has 0 aliphatic heterocycles. The summed E-state index contributed by atoms with van der Waals surface area (Å²) in [4.78, 5) is 2.30. The Kier molecular flexibility index (Phi) is 8.59. The van der Waals surface area contributed by atoms with E-state index in [0.29, 0.717) is 6.04 Å². The lowest BCUT2D eigenvalue weighted by Crippen LogP contribution is -2.30. The van der Waals surface area contributed by atoms with Crippen molar-refractivity contribution < 1.29 is 0 Å². The summed E-state index contributed by atoms with van der Waals surface area (Å²) in [5, 5.41) is 0. The molecule has 0 amide bonds. The fourth-order valence-corrected chi connectivity index (χ4v) is 1.49. The molecule has 0 rings (SSSR count). The summed E-state index contributed by atoms with van der Waals surface area (Å²) in [6, 6.07) is 0.345. The molecule has 0 aromatic carbocycles. The molecule has 0 aliphatic carbocycles. The zero-order valence-corrected chi connectivity index (χ0v) is 9.41. The van der Waals surface area contributed by atoms with Crippen molar-refractivity contribution in [2.45, 2.75) is 32.2 Å². The van der Waals surface area contributed by atoms with Gasteiger partial charge in [-0.05, 0) is 12.8 Å². The van der Waals surface area contributed by atoms with Gasteiger partial charge >= 0.3 is 0 Å². The van der Waals surface area contributed by atoms with E-state index in [1.54, 1.807) is 0 Å². The summed E-state index contributed by atoms with van der Waals surface area (Å²) in [6.45, 7) is 12.5. The van der Waals surface area contributed by atoms with E-state index in [1.165, 1.54) is 6.42 Å². The zero-order chi connectivity index (χ0) is 10.8. The fourth-order valence-electron chi connectivity index (χ4n) is 1.49. The molecule has 1 unspecified atom stereocenters. The van der Waals surface area contributed by atoms with Gasteiger partial charge in [-0.1, -0.05) is 25.5 Å². The summed E-state index contributed by atoms with van der Waals surface area (Å²) in [5.41, 5.74) is 5.95. The molecule has 0 saturated carbocycles. The van der Waals surface area contributed by atoms with Crippen molar-refractivity contribution in [3.05, 3.63) is 25.3 Å². The Labute approximate surface area is 88.5 Å². The zero-order valence-electron chi connectivity index (χ0n) is 9.41. The van der Waals surface area contributed by atoms with E-state index in [1.807, 2.05) is 12.2 Å². The monoisotopic (exact) mass is 196 g/mol. The van der Waals surface area contributed by atoms with E-state index in [9.17, 15) is 0 Å². The lowest BCUT2D eigenvalue weighted by atomic mass is 10.1. The van der Waals surface area contributed by atoms with Gasteiger partial charge in [-0.3, -0.25) is 4.90 Å². The van der Waals surface area contributed by atoms with Crippen LogP contribution in [-0.4, -0.2) is 30.6 Å². The second kappa shape index (κ2) is 8.97. The average molecular weight is 196 g/mol. The van der Waals surface area contributed by atoms with Crippen LogP contribution in [0.1, 0.15) is 26.2 Å². The number of nitrogens with zero attached hydrogens (tertiary/aromatic N) is 1. The molecule has 1 atom stereocenters. The lowest BCUT2D eigenvalue weighted by molar-refractivity contribution is 0.315. The summed E-state index contributed by atoms with van der Waals surface area (Å²) >= 11 is 0. The lowest BCUT2D eigenvalue weighted by Gasteiger charge is -2.20. The Morgan fingerprint density at radius 2 is 1.79 bits per heavy atom. The summed E-state index contributed by atoms with van der Waals surface area (Å²) in [5.74, 6) is 0. The van der Waals surface area contributed by atoms with Crippen LogP contribution in [0.4, 0.5) is 0 Å². The molecule has 0 fully saturated rings. The molecule has 0 saturated heterocycles. The first-order valence-electron chi connectivity index (χ1n) is 5.44. The van der Waals surface area contributed by atoms with Crippen LogP contribution in [-0.2, 0) is 0 Å². The first kappa shape index (κ1) is 13.4. The van der Waals surface area contributed by atoms with Gasteiger partial charge < -0.3 is 5.73 Å². The Morgan fingerprint density at radius 3 is 2.21 bits per heavy atom. The van der Waals surface area contributed by atoms with Crippen molar-refractivity contribution in [1.29, 1.82) is 0 Å². The molecular formula is C12H24N2. The number of hydrogen-bond donors (Lipinski definition) is 1. The van der Waals surface area contributed by atoms with Crippen LogP contribution in [0.3, 0.4) is 0 Å². The van der Waals surface area contributed by atoms with Crippen LogP contribution in [0.5, 0.6) is 0 Å². The molecule has 0 radical (unpaired) electrons. The third-order valence-electron chi connectivity index (χ3n) is 2.25. The normalized spacial score (nSPS) is 12.8. The Balaban J connectivity index is 3.67. The van der Waals surface area contributed by atoms with Gasteiger partial charge in [-0.2, -0.15) is 0 Å². The molecule has 2 nitrogen and oxygen atoms in total. The molecule has 0 aliphatic rings. The van der Waals surface area contributed by atoms with E-state index in [4.69, 9.17) is 5.73 Å². The maximum atomic E-state index is 5.95. The maximum Gasteiger partial charge on any atom is 0.0163 e. The molecule has 0 bridgehead atoms. The molecule has 2 N–H and O–H groups in total.